The van der Waals surface area contributed by atoms with Crippen LogP contribution in [0.2, 0.25) is 0 Å². The van der Waals surface area contributed by atoms with E-state index in [2.05, 4.69) is 44.0 Å². The lowest BCUT2D eigenvalue weighted by Gasteiger charge is -2.17. The fourth-order valence-corrected chi connectivity index (χ4v) is 3.87. The molecule has 0 bridgehead atoms. The number of hydrogen-bond acceptors (Lipinski definition) is 5. The molecular weight excluding hydrogens is 400 g/mol. The second kappa shape index (κ2) is 8.26. The summed E-state index contributed by atoms with van der Waals surface area (Å²) in [6.45, 7) is 4.67. The van der Waals surface area contributed by atoms with E-state index in [-0.39, 0.29) is 5.91 Å². The molecule has 1 amide bonds. The number of fused-ring (bicyclic) bond motifs is 2. The van der Waals surface area contributed by atoms with Crippen LogP contribution in [0.4, 0.5) is 11.4 Å². The number of carbonyl (C=O) groups is 1. The first kappa shape index (κ1) is 19.9. The SMILES string of the molecule is CC(C)CC(=O)Nc1cncc(-c2ccc3[nH]nc(C4=NCc5ccccc5N4)c3c2)c1. The molecule has 0 radical (unpaired) electrons. The molecule has 2 aromatic heterocycles. The lowest BCUT2D eigenvalue weighted by molar-refractivity contribution is -0.116. The normalized spacial score (nSPS) is 12.9. The zero-order chi connectivity index (χ0) is 22.1. The van der Waals surface area contributed by atoms with Crippen molar-refractivity contribution in [1.82, 2.24) is 15.2 Å². The van der Waals surface area contributed by atoms with E-state index in [9.17, 15) is 4.79 Å². The molecule has 4 aromatic rings. The van der Waals surface area contributed by atoms with Crippen LogP contribution >= 0.6 is 0 Å². The summed E-state index contributed by atoms with van der Waals surface area (Å²) in [7, 11) is 0. The topological polar surface area (TPSA) is 95.1 Å². The number of anilines is 2. The first-order valence-corrected chi connectivity index (χ1v) is 10.7. The van der Waals surface area contributed by atoms with Gasteiger partial charge in [0.1, 0.15) is 5.69 Å². The zero-order valence-corrected chi connectivity index (χ0v) is 18.0. The van der Waals surface area contributed by atoms with Crippen molar-refractivity contribution in [1.29, 1.82) is 0 Å². The molecule has 1 aliphatic rings. The molecule has 0 spiro atoms. The fourth-order valence-electron chi connectivity index (χ4n) is 3.87. The highest BCUT2D eigenvalue weighted by Crippen LogP contribution is 2.29. The van der Waals surface area contributed by atoms with Crippen LogP contribution in [0.3, 0.4) is 0 Å². The summed E-state index contributed by atoms with van der Waals surface area (Å²) < 4.78 is 0. The van der Waals surface area contributed by atoms with Crippen LogP contribution in [0.1, 0.15) is 31.5 Å². The number of pyridine rings is 1. The van der Waals surface area contributed by atoms with E-state index < -0.39 is 0 Å². The van der Waals surface area contributed by atoms with Crippen molar-refractivity contribution in [3.05, 3.63) is 72.2 Å². The smallest absolute Gasteiger partial charge is 0.224 e. The molecule has 0 aliphatic carbocycles. The van der Waals surface area contributed by atoms with Crippen molar-refractivity contribution in [3.8, 4) is 11.1 Å². The maximum absolute atomic E-state index is 12.1. The highest BCUT2D eigenvalue weighted by atomic mass is 16.1. The second-order valence-corrected chi connectivity index (χ2v) is 8.39. The Morgan fingerprint density at radius 2 is 1.97 bits per heavy atom. The van der Waals surface area contributed by atoms with E-state index in [4.69, 9.17) is 4.99 Å². The highest BCUT2D eigenvalue weighted by molar-refractivity contribution is 6.15. The number of amides is 1. The average Bonchev–Trinajstić information content (AvgIpc) is 3.21. The third-order valence-corrected chi connectivity index (χ3v) is 5.41. The molecule has 1 aliphatic heterocycles. The fraction of sp³-hybridized carbons (Fsp3) is 0.200. The van der Waals surface area contributed by atoms with Crippen LogP contribution in [0.5, 0.6) is 0 Å². The third kappa shape index (κ3) is 3.97. The van der Waals surface area contributed by atoms with Crippen LogP contribution in [0.15, 0.2) is 65.9 Å². The summed E-state index contributed by atoms with van der Waals surface area (Å²) in [6, 6.07) is 16.2. The molecule has 0 unspecified atom stereocenters. The summed E-state index contributed by atoms with van der Waals surface area (Å²) in [4.78, 5) is 21.2. The van der Waals surface area contributed by atoms with Gasteiger partial charge in [-0.25, -0.2) is 0 Å². The van der Waals surface area contributed by atoms with Crippen LogP contribution < -0.4 is 10.6 Å². The predicted octanol–water partition coefficient (Wildman–Crippen LogP) is 4.98. The molecule has 160 valence electrons. The summed E-state index contributed by atoms with van der Waals surface area (Å²) in [5.74, 6) is 1.05. The van der Waals surface area contributed by atoms with Crippen LogP contribution in [0, 0.1) is 5.92 Å². The van der Waals surface area contributed by atoms with Gasteiger partial charge in [0.2, 0.25) is 5.91 Å². The summed E-state index contributed by atoms with van der Waals surface area (Å²) in [5.41, 5.74) is 6.54. The Balaban J connectivity index is 1.45. The minimum Gasteiger partial charge on any atom is -0.338 e. The number of nitrogens with one attached hydrogen (secondary N) is 3. The molecular formula is C25H24N6O. The van der Waals surface area contributed by atoms with Gasteiger partial charge in [-0.05, 0) is 41.3 Å². The summed E-state index contributed by atoms with van der Waals surface area (Å²) in [6.07, 6.45) is 3.94. The van der Waals surface area contributed by atoms with Gasteiger partial charge in [-0.3, -0.25) is 19.9 Å². The number of amidine groups is 1. The number of rotatable bonds is 5. The largest absolute Gasteiger partial charge is 0.338 e. The lowest BCUT2D eigenvalue weighted by Crippen LogP contribution is -2.19. The van der Waals surface area contributed by atoms with E-state index in [1.54, 1.807) is 12.4 Å². The maximum atomic E-state index is 12.1. The van der Waals surface area contributed by atoms with Gasteiger partial charge in [0.05, 0.1) is 23.9 Å². The predicted molar refractivity (Wildman–Crippen MR) is 128 cm³/mol. The Labute approximate surface area is 186 Å². The number of aromatic nitrogens is 3. The van der Waals surface area contributed by atoms with Gasteiger partial charge >= 0.3 is 0 Å². The zero-order valence-electron chi connectivity index (χ0n) is 18.0. The van der Waals surface area contributed by atoms with Crippen molar-refractivity contribution in [2.24, 2.45) is 10.9 Å². The molecule has 3 N–H and O–H groups in total. The molecule has 0 saturated carbocycles. The van der Waals surface area contributed by atoms with Gasteiger partial charge in [0.25, 0.3) is 0 Å². The Morgan fingerprint density at radius 1 is 1.09 bits per heavy atom. The van der Waals surface area contributed by atoms with Crippen molar-refractivity contribution in [2.75, 3.05) is 10.6 Å². The van der Waals surface area contributed by atoms with Gasteiger partial charge in [-0.15, -0.1) is 0 Å². The van der Waals surface area contributed by atoms with Gasteiger partial charge in [-0.1, -0.05) is 38.1 Å². The lowest BCUT2D eigenvalue weighted by atomic mass is 10.0. The van der Waals surface area contributed by atoms with Crippen LogP contribution in [0.25, 0.3) is 22.0 Å². The standard InChI is InChI=1S/C25H24N6O/c1-15(2)9-23(32)28-19-10-18(12-26-14-19)16-7-8-22-20(11-16)24(31-30-22)25-27-13-17-5-3-4-6-21(17)29-25/h3-8,10-12,14-15H,9,13H2,1-2H3,(H,27,29)(H,28,32)(H,30,31). The van der Waals surface area contributed by atoms with E-state index in [0.29, 0.717) is 24.6 Å². The van der Waals surface area contributed by atoms with E-state index >= 15 is 0 Å². The number of aliphatic imine (C=N–C) groups is 1. The monoisotopic (exact) mass is 424 g/mol. The Bertz CT molecular complexity index is 1340. The van der Waals surface area contributed by atoms with Crippen LogP contribution in [-0.4, -0.2) is 26.9 Å². The van der Waals surface area contributed by atoms with E-state index in [1.807, 2.05) is 44.2 Å². The van der Waals surface area contributed by atoms with E-state index in [0.717, 1.165) is 39.2 Å². The van der Waals surface area contributed by atoms with Crippen molar-refractivity contribution in [2.45, 2.75) is 26.8 Å². The molecule has 32 heavy (non-hydrogen) atoms. The minimum absolute atomic E-state index is 0.00631. The average molecular weight is 425 g/mol. The first-order valence-electron chi connectivity index (χ1n) is 10.7. The van der Waals surface area contributed by atoms with Crippen molar-refractivity contribution < 1.29 is 4.79 Å². The third-order valence-electron chi connectivity index (χ3n) is 5.41. The molecule has 7 heteroatoms. The number of hydrogen-bond donors (Lipinski definition) is 3. The Morgan fingerprint density at radius 3 is 2.84 bits per heavy atom. The quantitative estimate of drug-likeness (QED) is 0.421. The molecule has 7 nitrogen and oxygen atoms in total. The number of para-hydroxylation sites is 1. The molecule has 0 fully saturated rings. The Kier molecular flexibility index (Phi) is 5.15. The number of H-pyrrole nitrogens is 1. The van der Waals surface area contributed by atoms with Gasteiger partial charge < -0.3 is 10.6 Å². The summed E-state index contributed by atoms with van der Waals surface area (Å²) in [5, 5.41) is 14.9. The maximum Gasteiger partial charge on any atom is 0.224 e. The van der Waals surface area contributed by atoms with Gasteiger partial charge in [0, 0.05) is 29.3 Å². The second-order valence-electron chi connectivity index (χ2n) is 8.39. The molecule has 3 heterocycles. The summed E-state index contributed by atoms with van der Waals surface area (Å²) >= 11 is 0. The number of nitrogens with zero attached hydrogens (tertiary/aromatic N) is 3. The van der Waals surface area contributed by atoms with Gasteiger partial charge in [0.15, 0.2) is 5.84 Å². The van der Waals surface area contributed by atoms with Crippen LogP contribution in [-0.2, 0) is 11.3 Å². The minimum atomic E-state index is -0.00631. The number of carbonyl (C=O) groups excluding carboxylic acids is 1. The van der Waals surface area contributed by atoms with Gasteiger partial charge in [-0.2, -0.15) is 5.10 Å². The molecule has 2 aromatic carbocycles. The molecule has 0 atom stereocenters. The van der Waals surface area contributed by atoms with E-state index in [1.165, 1.54) is 5.56 Å². The van der Waals surface area contributed by atoms with Crippen molar-refractivity contribution >= 4 is 34.0 Å². The number of aromatic amines is 1. The first-order chi connectivity index (χ1) is 15.6. The Hall–Kier alpha value is -4.00. The van der Waals surface area contributed by atoms with Crippen molar-refractivity contribution in [3.63, 3.8) is 0 Å². The molecule has 0 saturated heterocycles. The number of benzene rings is 2. The highest BCUT2D eigenvalue weighted by Gasteiger charge is 2.18. The molecule has 5 rings (SSSR count).